The third-order valence-electron chi connectivity index (χ3n) is 3.16. The molecular weight excluding hydrogens is 310 g/mol. The largest absolute Gasteiger partial charge is 0.379 e. The van der Waals surface area contributed by atoms with Crippen LogP contribution in [0.25, 0.3) is 0 Å². The van der Waals surface area contributed by atoms with Gasteiger partial charge in [-0.1, -0.05) is 19.1 Å². The number of nitrogens with one attached hydrogen (secondary N) is 2. The standard InChI is InChI=1S/C17H23N3O2S/c1-5-13-6-9-15(10-7-13)23(21,22)20-16-11-8-14(12-18-16)19-17(2,3)4/h6-12,19H,5H2,1-4H3,(H,18,20). The lowest BCUT2D eigenvalue weighted by Gasteiger charge is -2.21. The normalized spacial score (nSPS) is 12.0. The molecule has 0 radical (unpaired) electrons. The van der Waals surface area contributed by atoms with E-state index in [2.05, 4.69) is 15.0 Å². The predicted molar refractivity (Wildman–Crippen MR) is 94.2 cm³/mol. The number of rotatable bonds is 5. The van der Waals surface area contributed by atoms with Gasteiger partial charge < -0.3 is 5.32 Å². The Kier molecular flexibility index (Phi) is 4.94. The monoisotopic (exact) mass is 333 g/mol. The second-order valence-electron chi connectivity index (χ2n) is 6.41. The first kappa shape index (κ1) is 17.3. The maximum absolute atomic E-state index is 12.3. The van der Waals surface area contributed by atoms with Crippen LogP contribution in [0.15, 0.2) is 47.5 Å². The molecule has 5 nitrogen and oxygen atoms in total. The summed E-state index contributed by atoms with van der Waals surface area (Å²) in [6.07, 6.45) is 2.49. The van der Waals surface area contributed by atoms with E-state index in [1.807, 2.05) is 39.8 Å². The van der Waals surface area contributed by atoms with E-state index in [9.17, 15) is 8.42 Å². The SMILES string of the molecule is CCc1ccc(S(=O)(=O)Nc2ccc(NC(C)(C)C)cn2)cc1. The highest BCUT2D eigenvalue weighted by Crippen LogP contribution is 2.18. The lowest BCUT2D eigenvalue weighted by atomic mass is 10.1. The van der Waals surface area contributed by atoms with Crippen LogP contribution in [0.5, 0.6) is 0 Å². The molecule has 124 valence electrons. The van der Waals surface area contributed by atoms with Crippen molar-refractivity contribution >= 4 is 21.5 Å². The van der Waals surface area contributed by atoms with E-state index in [-0.39, 0.29) is 10.4 Å². The van der Waals surface area contributed by atoms with Gasteiger partial charge in [-0.15, -0.1) is 0 Å². The van der Waals surface area contributed by atoms with Crippen molar-refractivity contribution < 1.29 is 8.42 Å². The third-order valence-corrected chi connectivity index (χ3v) is 4.53. The predicted octanol–water partition coefficient (Wildman–Crippen LogP) is 3.66. The number of sulfonamides is 1. The first-order chi connectivity index (χ1) is 10.7. The number of anilines is 2. The van der Waals surface area contributed by atoms with Gasteiger partial charge in [-0.3, -0.25) is 4.72 Å². The minimum absolute atomic E-state index is 0.0796. The van der Waals surface area contributed by atoms with E-state index in [0.717, 1.165) is 17.7 Å². The van der Waals surface area contributed by atoms with Crippen molar-refractivity contribution in [2.24, 2.45) is 0 Å². The lowest BCUT2D eigenvalue weighted by Crippen LogP contribution is -2.26. The number of nitrogens with zero attached hydrogens (tertiary/aromatic N) is 1. The van der Waals surface area contributed by atoms with Crippen LogP contribution < -0.4 is 10.0 Å². The summed E-state index contributed by atoms with van der Waals surface area (Å²) in [6.45, 7) is 8.16. The molecule has 2 rings (SSSR count). The molecule has 0 bridgehead atoms. The molecule has 1 aromatic heterocycles. The molecule has 23 heavy (non-hydrogen) atoms. The summed E-state index contributed by atoms with van der Waals surface area (Å²) in [6, 6.07) is 10.3. The Bertz CT molecular complexity index is 746. The Morgan fingerprint density at radius 3 is 2.17 bits per heavy atom. The summed E-state index contributed by atoms with van der Waals surface area (Å²) >= 11 is 0. The molecule has 0 spiro atoms. The number of pyridine rings is 1. The van der Waals surface area contributed by atoms with Crippen LogP contribution in [0.3, 0.4) is 0 Å². The number of aromatic nitrogens is 1. The van der Waals surface area contributed by atoms with Crippen molar-refractivity contribution in [3.63, 3.8) is 0 Å². The summed E-state index contributed by atoms with van der Waals surface area (Å²) in [5.74, 6) is 0.295. The van der Waals surface area contributed by atoms with Gasteiger partial charge in [0.15, 0.2) is 0 Å². The van der Waals surface area contributed by atoms with Crippen molar-refractivity contribution in [1.82, 2.24) is 4.98 Å². The second kappa shape index (κ2) is 6.58. The molecular formula is C17H23N3O2S. The van der Waals surface area contributed by atoms with E-state index < -0.39 is 10.0 Å². The maximum Gasteiger partial charge on any atom is 0.263 e. The van der Waals surface area contributed by atoms with Gasteiger partial charge in [0.1, 0.15) is 5.82 Å². The summed E-state index contributed by atoms with van der Waals surface area (Å²) in [7, 11) is -3.62. The fourth-order valence-corrected chi connectivity index (χ4v) is 3.07. The third kappa shape index (κ3) is 4.96. The Morgan fingerprint density at radius 2 is 1.70 bits per heavy atom. The zero-order valence-electron chi connectivity index (χ0n) is 13.9. The molecule has 0 unspecified atom stereocenters. The zero-order chi connectivity index (χ0) is 17.1. The average molecular weight is 333 g/mol. The average Bonchev–Trinajstić information content (AvgIpc) is 2.48. The van der Waals surface area contributed by atoms with Gasteiger partial charge >= 0.3 is 0 Å². The Morgan fingerprint density at radius 1 is 1.04 bits per heavy atom. The fraction of sp³-hybridized carbons (Fsp3) is 0.353. The van der Waals surface area contributed by atoms with Crippen LogP contribution in [0.1, 0.15) is 33.3 Å². The first-order valence-electron chi connectivity index (χ1n) is 7.55. The van der Waals surface area contributed by atoms with Gasteiger partial charge in [-0.2, -0.15) is 0 Å². The number of aryl methyl sites for hydroxylation is 1. The van der Waals surface area contributed by atoms with Crippen molar-refractivity contribution in [2.75, 3.05) is 10.0 Å². The van der Waals surface area contributed by atoms with Gasteiger partial charge in [0.05, 0.1) is 16.8 Å². The Labute approximate surface area is 138 Å². The van der Waals surface area contributed by atoms with Crippen LogP contribution >= 0.6 is 0 Å². The van der Waals surface area contributed by atoms with Gasteiger partial charge in [-0.05, 0) is 57.0 Å². The minimum Gasteiger partial charge on any atom is -0.379 e. The molecule has 0 amide bonds. The van der Waals surface area contributed by atoms with Crippen LogP contribution in [0, 0.1) is 0 Å². The molecule has 2 aromatic rings. The lowest BCUT2D eigenvalue weighted by molar-refractivity contribution is 0.601. The first-order valence-corrected chi connectivity index (χ1v) is 9.04. The second-order valence-corrected chi connectivity index (χ2v) is 8.09. The van der Waals surface area contributed by atoms with Gasteiger partial charge in [0, 0.05) is 5.54 Å². The van der Waals surface area contributed by atoms with E-state index in [1.54, 1.807) is 30.5 Å². The Hall–Kier alpha value is -2.08. The molecule has 0 aliphatic carbocycles. The molecule has 0 aliphatic heterocycles. The molecule has 1 heterocycles. The van der Waals surface area contributed by atoms with Gasteiger partial charge in [-0.25, -0.2) is 13.4 Å². The molecule has 0 saturated heterocycles. The van der Waals surface area contributed by atoms with Crippen LogP contribution in [-0.4, -0.2) is 18.9 Å². The van der Waals surface area contributed by atoms with Crippen molar-refractivity contribution in [3.05, 3.63) is 48.2 Å². The summed E-state index contributed by atoms with van der Waals surface area (Å²) in [4.78, 5) is 4.38. The van der Waals surface area contributed by atoms with E-state index in [1.165, 1.54) is 0 Å². The highest BCUT2D eigenvalue weighted by molar-refractivity contribution is 7.92. The minimum atomic E-state index is -3.62. The van der Waals surface area contributed by atoms with E-state index in [4.69, 9.17) is 0 Å². The topological polar surface area (TPSA) is 71.1 Å². The van der Waals surface area contributed by atoms with Crippen molar-refractivity contribution in [1.29, 1.82) is 0 Å². The summed E-state index contributed by atoms with van der Waals surface area (Å²) in [5.41, 5.74) is 1.86. The molecule has 6 heteroatoms. The fourth-order valence-electron chi connectivity index (χ4n) is 2.06. The zero-order valence-corrected chi connectivity index (χ0v) is 14.7. The number of hydrogen-bond acceptors (Lipinski definition) is 4. The number of benzene rings is 1. The Balaban J connectivity index is 2.13. The summed E-state index contributed by atoms with van der Waals surface area (Å²) < 4.78 is 27.2. The van der Waals surface area contributed by atoms with E-state index in [0.29, 0.717) is 5.82 Å². The highest BCUT2D eigenvalue weighted by Gasteiger charge is 2.15. The number of hydrogen-bond donors (Lipinski definition) is 2. The maximum atomic E-state index is 12.3. The van der Waals surface area contributed by atoms with Crippen LogP contribution in [0.4, 0.5) is 11.5 Å². The summed E-state index contributed by atoms with van der Waals surface area (Å²) in [5, 5.41) is 3.28. The van der Waals surface area contributed by atoms with Crippen molar-refractivity contribution in [3.8, 4) is 0 Å². The smallest absolute Gasteiger partial charge is 0.263 e. The molecule has 2 N–H and O–H groups in total. The highest BCUT2D eigenvalue weighted by atomic mass is 32.2. The molecule has 1 aromatic carbocycles. The van der Waals surface area contributed by atoms with Crippen molar-refractivity contribution in [2.45, 2.75) is 44.6 Å². The molecule has 0 saturated carbocycles. The molecule has 0 fully saturated rings. The molecule has 0 atom stereocenters. The molecule has 0 aliphatic rings. The van der Waals surface area contributed by atoms with Gasteiger partial charge in [0.2, 0.25) is 0 Å². The van der Waals surface area contributed by atoms with Crippen LogP contribution in [0.2, 0.25) is 0 Å². The quantitative estimate of drug-likeness (QED) is 0.876. The van der Waals surface area contributed by atoms with Gasteiger partial charge in [0.25, 0.3) is 10.0 Å². The van der Waals surface area contributed by atoms with E-state index >= 15 is 0 Å². The van der Waals surface area contributed by atoms with Crippen LogP contribution in [-0.2, 0) is 16.4 Å².